The highest BCUT2D eigenvalue weighted by molar-refractivity contribution is 5.93. The van der Waals surface area contributed by atoms with Gasteiger partial charge in [-0.2, -0.15) is 0 Å². The third-order valence-corrected chi connectivity index (χ3v) is 4.00. The molecule has 0 aliphatic carbocycles. The Morgan fingerprint density at radius 3 is 2.74 bits per heavy atom. The van der Waals surface area contributed by atoms with Crippen LogP contribution < -0.4 is 5.11 Å². The number of carboxylic acids is 1. The van der Waals surface area contributed by atoms with Gasteiger partial charge in [0.25, 0.3) is 0 Å². The number of aromatic nitrogens is 1. The van der Waals surface area contributed by atoms with Crippen LogP contribution in [-0.4, -0.2) is 22.3 Å². The molecule has 0 bridgehead atoms. The smallest absolute Gasteiger partial charge is 0.335 e. The van der Waals surface area contributed by atoms with Crippen LogP contribution >= 0.6 is 0 Å². The van der Waals surface area contributed by atoms with Crippen molar-refractivity contribution in [2.45, 2.75) is 0 Å². The minimum absolute atomic E-state index is 0.0382. The van der Waals surface area contributed by atoms with Gasteiger partial charge in [0.1, 0.15) is 5.52 Å². The average molecular weight is 357 g/mol. The van der Waals surface area contributed by atoms with Gasteiger partial charge in [-0.25, -0.2) is 9.78 Å². The van der Waals surface area contributed by atoms with Crippen molar-refractivity contribution in [3.8, 4) is 17.2 Å². The summed E-state index contributed by atoms with van der Waals surface area (Å²) in [5.41, 5.74) is 3.06. The van der Waals surface area contributed by atoms with Gasteiger partial charge in [-0.05, 0) is 48.0 Å². The number of aromatic carboxylic acids is 1. The summed E-state index contributed by atoms with van der Waals surface area (Å²) in [5.74, 6) is -0.910. The first-order valence-electron chi connectivity index (χ1n) is 8.14. The summed E-state index contributed by atoms with van der Waals surface area (Å²) >= 11 is 0. The summed E-state index contributed by atoms with van der Waals surface area (Å²) in [4.78, 5) is 19.8. The number of aliphatic imine (C=N–C) groups is 1. The fourth-order valence-corrected chi connectivity index (χ4v) is 2.64. The number of hydrogen-bond donors (Lipinski definition) is 1. The van der Waals surface area contributed by atoms with Crippen molar-refractivity contribution in [3.05, 3.63) is 77.9 Å². The van der Waals surface area contributed by atoms with Crippen molar-refractivity contribution < 1.29 is 19.4 Å². The lowest BCUT2D eigenvalue weighted by atomic mass is 10.1. The zero-order chi connectivity index (χ0) is 18.8. The number of fused-ring (bicyclic) bond motifs is 1. The molecule has 0 spiro atoms. The highest BCUT2D eigenvalue weighted by Crippen LogP contribution is 2.27. The summed E-state index contributed by atoms with van der Waals surface area (Å²) in [6.45, 7) is 0. The number of carboxylic acid groups (broad SMARTS) is 1. The van der Waals surface area contributed by atoms with Gasteiger partial charge in [0.05, 0.1) is 11.3 Å². The van der Waals surface area contributed by atoms with Gasteiger partial charge in [-0.3, -0.25) is 4.99 Å². The molecule has 27 heavy (non-hydrogen) atoms. The largest absolute Gasteiger partial charge is 0.872 e. The second kappa shape index (κ2) is 6.76. The highest BCUT2D eigenvalue weighted by atomic mass is 16.4. The van der Waals surface area contributed by atoms with Crippen LogP contribution in [0, 0.1) is 0 Å². The van der Waals surface area contributed by atoms with Crippen molar-refractivity contribution in [2.24, 2.45) is 4.99 Å². The Kier molecular flexibility index (Phi) is 4.14. The Hall–Kier alpha value is -3.93. The predicted octanol–water partition coefficient (Wildman–Crippen LogP) is 4.02. The molecule has 1 heterocycles. The number of rotatable bonds is 4. The van der Waals surface area contributed by atoms with E-state index in [1.54, 1.807) is 12.1 Å². The molecule has 1 N–H and O–H groups in total. The van der Waals surface area contributed by atoms with Gasteiger partial charge >= 0.3 is 5.97 Å². The number of nitrogens with zero attached hydrogens (tertiary/aromatic N) is 2. The quantitative estimate of drug-likeness (QED) is 0.556. The van der Waals surface area contributed by atoms with E-state index >= 15 is 0 Å². The Balaban J connectivity index is 1.66. The van der Waals surface area contributed by atoms with Crippen LogP contribution in [0.15, 0.2) is 76.1 Å². The first-order valence-corrected chi connectivity index (χ1v) is 8.14. The molecule has 0 atom stereocenters. The Morgan fingerprint density at radius 2 is 1.93 bits per heavy atom. The zero-order valence-electron chi connectivity index (χ0n) is 14.0. The SMILES string of the molecule is O=C(O)c1ccc([O-])c(C=Nc2cccc(-c3nc4ccccc4o3)c2)c1. The van der Waals surface area contributed by atoms with Crippen molar-refractivity contribution in [1.82, 2.24) is 4.98 Å². The van der Waals surface area contributed by atoms with Crippen molar-refractivity contribution in [1.29, 1.82) is 0 Å². The minimum Gasteiger partial charge on any atom is -0.872 e. The van der Waals surface area contributed by atoms with E-state index in [9.17, 15) is 9.90 Å². The molecule has 6 heteroatoms. The van der Waals surface area contributed by atoms with Crippen molar-refractivity contribution in [3.63, 3.8) is 0 Å². The maximum absolute atomic E-state index is 11.9. The van der Waals surface area contributed by atoms with Crippen molar-refractivity contribution >= 4 is 29.0 Å². The topological polar surface area (TPSA) is 98.8 Å². The Labute approximate surface area is 154 Å². The molecule has 0 saturated heterocycles. The number of carbonyl (C=O) groups is 1. The Bertz CT molecular complexity index is 1140. The fraction of sp³-hybridized carbons (Fsp3) is 0. The van der Waals surface area contributed by atoms with Crippen LogP contribution in [0.25, 0.3) is 22.6 Å². The lowest BCUT2D eigenvalue weighted by Crippen LogP contribution is -2.01. The fourth-order valence-electron chi connectivity index (χ4n) is 2.64. The average Bonchev–Trinajstić information content (AvgIpc) is 3.12. The molecule has 0 amide bonds. The summed E-state index contributed by atoms with van der Waals surface area (Å²) in [6, 6.07) is 18.5. The molecule has 0 unspecified atom stereocenters. The molecule has 4 aromatic rings. The number of oxazole rings is 1. The molecular formula is C21H13N2O4-. The van der Waals surface area contributed by atoms with Gasteiger partial charge < -0.3 is 14.6 Å². The zero-order valence-corrected chi connectivity index (χ0v) is 14.0. The molecule has 0 aliphatic heterocycles. The third kappa shape index (κ3) is 3.41. The molecule has 1 aromatic heterocycles. The molecule has 0 saturated carbocycles. The lowest BCUT2D eigenvalue weighted by molar-refractivity contribution is -0.268. The standard InChI is InChI=1S/C21H14N2O4/c24-18-9-8-14(21(25)26)10-15(18)12-22-16-5-3-4-13(11-16)20-23-17-6-1-2-7-19(17)27-20/h1-12,24H,(H,25,26)/p-1. The van der Waals surface area contributed by atoms with E-state index in [0.29, 0.717) is 17.2 Å². The van der Waals surface area contributed by atoms with Crippen LogP contribution in [0.5, 0.6) is 5.75 Å². The maximum atomic E-state index is 11.9. The molecule has 0 aliphatic rings. The van der Waals surface area contributed by atoms with Crippen LogP contribution in [0.4, 0.5) is 5.69 Å². The first kappa shape index (κ1) is 16.5. The van der Waals surface area contributed by atoms with Gasteiger partial charge in [-0.1, -0.05) is 24.3 Å². The first-order chi connectivity index (χ1) is 13.1. The molecule has 4 rings (SSSR count). The van der Waals surface area contributed by atoms with Gasteiger partial charge in [0, 0.05) is 11.8 Å². The molecular weight excluding hydrogens is 344 g/mol. The molecule has 132 valence electrons. The van der Waals surface area contributed by atoms with Crippen LogP contribution in [0.1, 0.15) is 15.9 Å². The third-order valence-electron chi connectivity index (χ3n) is 4.00. The van der Waals surface area contributed by atoms with E-state index in [-0.39, 0.29) is 16.9 Å². The molecule has 3 aromatic carbocycles. The molecule has 6 nitrogen and oxygen atoms in total. The van der Waals surface area contributed by atoms with E-state index in [2.05, 4.69) is 9.98 Å². The number of para-hydroxylation sites is 2. The van der Waals surface area contributed by atoms with E-state index in [0.717, 1.165) is 11.1 Å². The predicted molar refractivity (Wildman–Crippen MR) is 99.5 cm³/mol. The van der Waals surface area contributed by atoms with E-state index in [1.165, 1.54) is 24.4 Å². The van der Waals surface area contributed by atoms with Gasteiger partial charge in [-0.15, -0.1) is 5.75 Å². The van der Waals surface area contributed by atoms with Crippen LogP contribution in [0.2, 0.25) is 0 Å². The second-order valence-electron chi connectivity index (χ2n) is 5.85. The van der Waals surface area contributed by atoms with Gasteiger partial charge in [0.15, 0.2) is 5.58 Å². The molecule has 0 radical (unpaired) electrons. The molecule has 0 fully saturated rings. The van der Waals surface area contributed by atoms with Crippen LogP contribution in [0.3, 0.4) is 0 Å². The van der Waals surface area contributed by atoms with E-state index < -0.39 is 5.97 Å². The summed E-state index contributed by atoms with van der Waals surface area (Å²) < 4.78 is 5.75. The maximum Gasteiger partial charge on any atom is 0.335 e. The Morgan fingerprint density at radius 1 is 1.07 bits per heavy atom. The highest BCUT2D eigenvalue weighted by Gasteiger charge is 2.08. The van der Waals surface area contributed by atoms with Gasteiger partial charge in [0.2, 0.25) is 5.89 Å². The monoisotopic (exact) mass is 357 g/mol. The summed E-state index contributed by atoms with van der Waals surface area (Å²) in [6.07, 6.45) is 1.36. The summed E-state index contributed by atoms with van der Waals surface area (Å²) in [5, 5.41) is 20.9. The van der Waals surface area contributed by atoms with Crippen LogP contribution in [-0.2, 0) is 0 Å². The summed E-state index contributed by atoms with van der Waals surface area (Å²) in [7, 11) is 0. The second-order valence-corrected chi connectivity index (χ2v) is 5.85. The van der Waals surface area contributed by atoms with E-state index in [1.807, 2.05) is 36.4 Å². The van der Waals surface area contributed by atoms with Crippen molar-refractivity contribution in [2.75, 3.05) is 0 Å². The number of hydrogen-bond acceptors (Lipinski definition) is 5. The minimum atomic E-state index is -1.09. The van der Waals surface area contributed by atoms with E-state index in [4.69, 9.17) is 9.52 Å². The lowest BCUT2D eigenvalue weighted by Gasteiger charge is -2.10. The number of benzene rings is 3. The normalized spacial score (nSPS) is 11.3.